The van der Waals surface area contributed by atoms with Crippen LogP contribution in [0.25, 0.3) is 33.1 Å². The summed E-state index contributed by atoms with van der Waals surface area (Å²) in [6.07, 6.45) is 7.99. The third-order valence-corrected chi connectivity index (χ3v) is 10.6. The first-order chi connectivity index (χ1) is 22.2. The van der Waals surface area contributed by atoms with Crippen molar-refractivity contribution in [3.8, 4) is 23.1 Å². The number of pyridine rings is 1. The molecule has 4 aliphatic rings. The van der Waals surface area contributed by atoms with Crippen LogP contribution in [0, 0.1) is 18.2 Å². The second kappa shape index (κ2) is 10.7. The van der Waals surface area contributed by atoms with Crippen LogP contribution in [-0.4, -0.2) is 93.2 Å². The molecule has 6 heterocycles. The lowest BCUT2D eigenvalue weighted by molar-refractivity contribution is 0.00873. The van der Waals surface area contributed by atoms with E-state index in [9.17, 15) is 5.11 Å². The Labute approximate surface area is 269 Å². The second-order valence-corrected chi connectivity index (χ2v) is 13.2. The Morgan fingerprint density at radius 3 is 2.89 bits per heavy atom. The highest BCUT2D eigenvalue weighted by Crippen LogP contribution is 2.64. The van der Waals surface area contributed by atoms with Gasteiger partial charge in [-0.15, -0.1) is 6.58 Å². The van der Waals surface area contributed by atoms with E-state index in [1.807, 2.05) is 4.90 Å². The summed E-state index contributed by atoms with van der Waals surface area (Å²) < 4.78 is 35.0. The number of rotatable bonds is 7. The van der Waals surface area contributed by atoms with Gasteiger partial charge in [0, 0.05) is 29.1 Å². The lowest BCUT2D eigenvalue weighted by Gasteiger charge is -2.35. The number of aromatic amines is 1. The lowest BCUT2D eigenvalue weighted by Crippen LogP contribution is -2.45. The molecule has 0 amide bonds. The lowest BCUT2D eigenvalue weighted by atomic mass is 9.75. The highest BCUT2D eigenvalue weighted by Gasteiger charge is 2.72. The van der Waals surface area contributed by atoms with E-state index in [4.69, 9.17) is 35.6 Å². The van der Waals surface area contributed by atoms with Gasteiger partial charge in [0.1, 0.15) is 34.6 Å². The predicted molar refractivity (Wildman–Crippen MR) is 168 cm³/mol. The number of hydrogen-bond donors (Lipinski definition) is 2. The molecule has 8 rings (SSSR count). The molecule has 3 aromatic heterocycles. The van der Waals surface area contributed by atoms with Crippen molar-refractivity contribution in [1.29, 1.82) is 0 Å². The van der Waals surface area contributed by atoms with Gasteiger partial charge in [-0.25, -0.2) is 9.37 Å². The molecule has 1 aromatic carbocycles. The van der Waals surface area contributed by atoms with Crippen LogP contribution < -0.4 is 14.4 Å². The highest BCUT2D eigenvalue weighted by molar-refractivity contribution is 6.33. The zero-order valence-corrected chi connectivity index (χ0v) is 26.5. The first-order valence-electron chi connectivity index (χ1n) is 15.6. The van der Waals surface area contributed by atoms with E-state index in [1.54, 1.807) is 19.2 Å². The van der Waals surface area contributed by atoms with Crippen LogP contribution in [0.3, 0.4) is 0 Å². The number of anilines is 1. The van der Waals surface area contributed by atoms with Crippen LogP contribution in [-0.2, 0) is 9.57 Å². The van der Waals surface area contributed by atoms with Gasteiger partial charge in [0.25, 0.3) is 0 Å². The van der Waals surface area contributed by atoms with Gasteiger partial charge in [0.2, 0.25) is 5.88 Å². The molecular formula is C32H35ClFN7O5. The number of H-pyrrole nitrogens is 1. The number of piperidine rings is 1. The first-order valence-corrected chi connectivity index (χ1v) is 16.0. The summed E-state index contributed by atoms with van der Waals surface area (Å²) >= 11 is 6.59. The average molecular weight is 652 g/mol. The summed E-state index contributed by atoms with van der Waals surface area (Å²) in [5, 5.41) is 21.7. The minimum atomic E-state index is -1.37. The minimum Gasteiger partial charge on any atom is -0.480 e. The predicted octanol–water partition coefficient (Wildman–Crippen LogP) is 4.72. The van der Waals surface area contributed by atoms with E-state index in [1.165, 1.54) is 13.2 Å². The Bertz CT molecular complexity index is 1890. The Morgan fingerprint density at radius 1 is 1.22 bits per heavy atom. The van der Waals surface area contributed by atoms with E-state index >= 15 is 4.39 Å². The molecule has 1 saturated carbocycles. The van der Waals surface area contributed by atoms with Crippen LogP contribution in [0.2, 0.25) is 5.02 Å². The van der Waals surface area contributed by atoms with E-state index < -0.39 is 11.4 Å². The Kier molecular flexibility index (Phi) is 6.93. The van der Waals surface area contributed by atoms with E-state index in [-0.39, 0.29) is 52.8 Å². The molecule has 14 heteroatoms. The van der Waals surface area contributed by atoms with Crippen molar-refractivity contribution in [2.45, 2.75) is 50.4 Å². The van der Waals surface area contributed by atoms with Crippen LogP contribution in [0.15, 0.2) is 24.9 Å². The number of hydrogen-bond acceptors (Lipinski definition) is 11. The topological polar surface area (TPSA) is 134 Å². The largest absolute Gasteiger partial charge is 0.480 e. The third-order valence-electron chi connectivity index (χ3n) is 10.2. The fourth-order valence-electron chi connectivity index (χ4n) is 7.75. The van der Waals surface area contributed by atoms with Gasteiger partial charge >= 0.3 is 6.01 Å². The van der Waals surface area contributed by atoms with Crippen molar-refractivity contribution >= 4 is 39.2 Å². The molecular weight excluding hydrogens is 617 g/mol. The van der Waals surface area contributed by atoms with Gasteiger partial charge in [-0.1, -0.05) is 17.7 Å². The number of nitrogens with zero attached hydrogens (tertiary/aromatic N) is 6. The molecule has 46 heavy (non-hydrogen) atoms. The van der Waals surface area contributed by atoms with Gasteiger partial charge < -0.3 is 24.2 Å². The molecule has 4 fully saturated rings. The summed E-state index contributed by atoms with van der Waals surface area (Å²) in [4.78, 5) is 22.1. The molecule has 1 spiro atoms. The summed E-state index contributed by atoms with van der Waals surface area (Å²) in [5.74, 6) is -0.269. The molecule has 242 valence electrons. The van der Waals surface area contributed by atoms with Crippen LogP contribution >= 0.6 is 11.6 Å². The average Bonchev–Trinajstić information content (AvgIpc) is 3.50. The summed E-state index contributed by atoms with van der Waals surface area (Å²) in [5.41, 5.74) is -0.157. The van der Waals surface area contributed by atoms with Gasteiger partial charge in [0.15, 0.2) is 11.5 Å². The number of ether oxygens (including phenoxy) is 3. The maximum Gasteiger partial charge on any atom is 0.319 e. The van der Waals surface area contributed by atoms with Gasteiger partial charge in [-0.05, 0) is 50.7 Å². The summed E-state index contributed by atoms with van der Waals surface area (Å²) in [7, 11) is 1.46. The number of halogens is 2. The third kappa shape index (κ3) is 4.39. The van der Waals surface area contributed by atoms with Gasteiger partial charge in [0.05, 0.1) is 44.0 Å². The quantitative estimate of drug-likeness (QED) is 0.212. The maximum atomic E-state index is 17.0. The Hall–Kier alpha value is -3.62. The molecule has 0 radical (unpaired) electrons. The molecule has 4 aromatic rings. The van der Waals surface area contributed by atoms with Crippen molar-refractivity contribution in [2.24, 2.45) is 5.41 Å². The number of methoxy groups -OCH3 is 1. The SMILES string of the molecule is C=C[C@@]1(O)COCCN(c2nc(OCC34CCCN5OC53CCC4)nc3c(F)c(-c4c(C)c(Cl)cc5[nH]ncc45)nc(OC)c23)C1. The number of fused-ring (bicyclic) bond motifs is 2. The fourth-order valence-corrected chi connectivity index (χ4v) is 7.95. The maximum absolute atomic E-state index is 17.0. The smallest absolute Gasteiger partial charge is 0.319 e. The first kappa shape index (κ1) is 29.8. The number of β-amino-alcohol motifs (C(OH)–C–C–N with tert-alkyl or cyclic N) is 1. The van der Waals surface area contributed by atoms with Crippen molar-refractivity contribution in [3.63, 3.8) is 0 Å². The number of aliphatic hydroxyl groups is 1. The van der Waals surface area contributed by atoms with Crippen molar-refractivity contribution in [3.05, 3.63) is 41.3 Å². The molecule has 1 aliphatic carbocycles. The standard InChI is InChI=1S/C32H35ClFN7O5/c1-4-31(42)15-40(11-12-44-17-31)27-23-26(37-29(38-27)45-16-30-7-5-9-32(30)41(46-32)10-6-8-30)24(34)25(36-28(23)43-3)22-18(2)20(33)13-21-19(22)14-35-39-21/h4,13-14,42H,1,5-12,15-17H2,2-3H3,(H,35,39)/t30?,31-,32?,41?/m0/s1. The zero-order chi connectivity index (χ0) is 31.8. The van der Waals surface area contributed by atoms with E-state index in [2.05, 4.69) is 31.8 Å². The summed E-state index contributed by atoms with van der Waals surface area (Å²) in [6, 6.07) is 1.76. The van der Waals surface area contributed by atoms with Crippen LogP contribution in [0.4, 0.5) is 10.2 Å². The number of hydroxylamine groups is 2. The van der Waals surface area contributed by atoms with E-state index in [0.29, 0.717) is 52.6 Å². The van der Waals surface area contributed by atoms with Gasteiger partial charge in [-0.3, -0.25) is 9.94 Å². The normalized spacial score (nSPS) is 29.0. The fraction of sp³-hybridized carbons (Fsp3) is 0.500. The molecule has 12 nitrogen and oxygen atoms in total. The monoisotopic (exact) mass is 651 g/mol. The zero-order valence-electron chi connectivity index (χ0n) is 25.7. The summed E-state index contributed by atoms with van der Waals surface area (Å²) in [6.45, 7) is 7.66. The molecule has 3 aliphatic heterocycles. The molecule has 3 saturated heterocycles. The van der Waals surface area contributed by atoms with Crippen LogP contribution in [0.1, 0.15) is 37.7 Å². The van der Waals surface area contributed by atoms with E-state index in [0.717, 1.165) is 38.6 Å². The van der Waals surface area contributed by atoms with Crippen molar-refractivity contribution < 1.29 is 28.5 Å². The number of aromatic nitrogens is 5. The number of benzene rings is 1. The minimum absolute atomic E-state index is 0.00999. The Morgan fingerprint density at radius 2 is 2.07 bits per heavy atom. The highest BCUT2D eigenvalue weighted by atomic mass is 35.5. The number of nitrogens with one attached hydrogen (secondary N) is 1. The Balaban J connectivity index is 1.31. The second-order valence-electron chi connectivity index (χ2n) is 12.8. The van der Waals surface area contributed by atoms with Crippen molar-refractivity contribution in [2.75, 3.05) is 51.5 Å². The van der Waals surface area contributed by atoms with Crippen LogP contribution in [0.5, 0.6) is 11.9 Å². The molecule has 2 N–H and O–H groups in total. The molecule has 3 unspecified atom stereocenters. The molecule has 4 atom stereocenters. The van der Waals surface area contributed by atoms with Gasteiger partial charge in [-0.2, -0.15) is 20.1 Å². The molecule has 0 bridgehead atoms. The van der Waals surface area contributed by atoms with Crippen molar-refractivity contribution in [1.82, 2.24) is 30.2 Å².